The highest BCUT2D eigenvalue weighted by Gasteiger charge is 2.20. The molecule has 0 aliphatic carbocycles. The number of hydrogen-bond acceptors (Lipinski definition) is 5. The van der Waals surface area contributed by atoms with Crippen LogP contribution in [-0.4, -0.2) is 36.0 Å². The van der Waals surface area contributed by atoms with E-state index in [9.17, 15) is 5.11 Å². The van der Waals surface area contributed by atoms with Gasteiger partial charge in [0.05, 0.1) is 16.8 Å². The van der Waals surface area contributed by atoms with Crippen molar-refractivity contribution < 1.29 is 9.84 Å². The van der Waals surface area contributed by atoms with Crippen molar-refractivity contribution >= 4 is 22.3 Å². The fraction of sp³-hybridized carbons (Fsp3) is 0.400. The summed E-state index contributed by atoms with van der Waals surface area (Å²) in [6.45, 7) is 2.75. The molecule has 20 heavy (non-hydrogen) atoms. The third-order valence-corrected chi connectivity index (χ3v) is 3.31. The van der Waals surface area contributed by atoms with Gasteiger partial charge in [-0.3, -0.25) is 4.98 Å². The van der Waals surface area contributed by atoms with Crippen molar-refractivity contribution in [3.63, 3.8) is 0 Å². The molecule has 0 bridgehead atoms. The lowest BCUT2D eigenvalue weighted by molar-refractivity contribution is 0.0358. The van der Waals surface area contributed by atoms with Gasteiger partial charge in [-0.05, 0) is 19.1 Å². The number of rotatable bonds is 6. The second-order valence-electron chi connectivity index (χ2n) is 5.20. The first-order valence-corrected chi connectivity index (χ1v) is 6.62. The van der Waals surface area contributed by atoms with Crippen LogP contribution in [0.15, 0.2) is 30.5 Å². The summed E-state index contributed by atoms with van der Waals surface area (Å²) in [6, 6.07) is 7.57. The highest BCUT2D eigenvalue weighted by Crippen LogP contribution is 2.26. The fourth-order valence-corrected chi connectivity index (χ4v) is 2.05. The number of aromatic nitrogens is 1. The van der Waals surface area contributed by atoms with Gasteiger partial charge in [-0.1, -0.05) is 12.1 Å². The summed E-state index contributed by atoms with van der Waals surface area (Å²) < 4.78 is 5.00. The zero-order chi connectivity index (χ0) is 14.6. The van der Waals surface area contributed by atoms with E-state index < -0.39 is 5.60 Å². The van der Waals surface area contributed by atoms with Gasteiger partial charge >= 0.3 is 0 Å². The largest absolute Gasteiger partial charge is 0.397 e. The van der Waals surface area contributed by atoms with Gasteiger partial charge in [0, 0.05) is 44.0 Å². The number of anilines is 2. The van der Waals surface area contributed by atoms with E-state index in [-0.39, 0.29) is 0 Å². The van der Waals surface area contributed by atoms with E-state index in [1.807, 2.05) is 24.3 Å². The van der Waals surface area contributed by atoms with Crippen LogP contribution >= 0.6 is 0 Å². The van der Waals surface area contributed by atoms with Crippen LogP contribution in [0.4, 0.5) is 11.4 Å². The van der Waals surface area contributed by atoms with Crippen LogP contribution < -0.4 is 11.1 Å². The molecule has 0 saturated heterocycles. The average Bonchev–Trinajstić information content (AvgIpc) is 2.44. The van der Waals surface area contributed by atoms with Crippen molar-refractivity contribution in [2.45, 2.75) is 18.9 Å². The Morgan fingerprint density at radius 3 is 2.95 bits per heavy atom. The van der Waals surface area contributed by atoms with Gasteiger partial charge in [0.25, 0.3) is 0 Å². The van der Waals surface area contributed by atoms with E-state index in [4.69, 9.17) is 10.5 Å². The normalized spacial score (nSPS) is 14.2. The molecule has 0 amide bonds. The molecule has 0 spiro atoms. The Kier molecular flexibility index (Phi) is 4.42. The number of benzene rings is 1. The van der Waals surface area contributed by atoms with Gasteiger partial charge in [-0.2, -0.15) is 0 Å². The molecule has 1 unspecified atom stereocenters. The Bertz CT molecular complexity index is 584. The summed E-state index contributed by atoms with van der Waals surface area (Å²) in [5.41, 5.74) is 7.43. The summed E-state index contributed by atoms with van der Waals surface area (Å²) >= 11 is 0. The molecule has 2 rings (SSSR count). The Hall–Kier alpha value is -1.85. The summed E-state index contributed by atoms with van der Waals surface area (Å²) in [5, 5.41) is 14.5. The first-order valence-electron chi connectivity index (χ1n) is 6.62. The number of fused-ring (bicyclic) bond motifs is 1. The van der Waals surface area contributed by atoms with E-state index in [0.29, 0.717) is 25.3 Å². The number of aliphatic hydroxyl groups is 1. The number of nitrogens with two attached hydrogens (primary N) is 1. The number of para-hydroxylation sites is 1. The standard InChI is InChI=1S/C15H21N3O2/c1-15(19,7-9-20-2)10-18-13-6-8-17-14-11(13)4-3-5-12(14)16/h3-6,8,19H,7,9-10,16H2,1-2H3,(H,17,18). The maximum Gasteiger partial charge on any atom is 0.0951 e. The highest BCUT2D eigenvalue weighted by atomic mass is 16.5. The predicted octanol–water partition coefficient (Wildman–Crippen LogP) is 2.02. The van der Waals surface area contributed by atoms with E-state index in [1.54, 1.807) is 20.2 Å². The zero-order valence-electron chi connectivity index (χ0n) is 11.9. The van der Waals surface area contributed by atoms with Crippen LogP contribution in [0, 0.1) is 0 Å². The number of pyridine rings is 1. The Balaban J connectivity index is 2.16. The molecule has 1 aromatic heterocycles. The number of methoxy groups -OCH3 is 1. The monoisotopic (exact) mass is 275 g/mol. The summed E-state index contributed by atoms with van der Waals surface area (Å²) in [6.07, 6.45) is 2.28. The second kappa shape index (κ2) is 6.07. The van der Waals surface area contributed by atoms with Crippen molar-refractivity contribution in [2.24, 2.45) is 0 Å². The first kappa shape index (κ1) is 14.6. The van der Waals surface area contributed by atoms with Crippen molar-refractivity contribution in [3.05, 3.63) is 30.5 Å². The highest BCUT2D eigenvalue weighted by molar-refractivity contribution is 5.97. The molecule has 2 aromatic rings. The van der Waals surface area contributed by atoms with Crippen LogP contribution in [0.5, 0.6) is 0 Å². The summed E-state index contributed by atoms with van der Waals surface area (Å²) in [4.78, 5) is 4.29. The quantitative estimate of drug-likeness (QED) is 0.703. The minimum absolute atomic E-state index is 0.435. The predicted molar refractivity (Wildman–Crippen MR) is 81.8 cm³/mol. The molecular formula is C15H21N3O2. The molecule has 0 radical (unpaired) electrons. The first-order chi connectivity index (χ1) is 9.53. The van der Waals surface area contributed by atoms with Crippen molar-refractivity contribution in [1.29, 1.82) is 0 Å². The number of nitrogens with zero attached hydrogens (tertiary/aromatic N) is 1. The second-order valence-corrected chi connectivity index (χ2v) is 5.20. The van der Waals surface area contributed by atoms with Crippen LogP contribution in [0.3, 0.4) is 0 Å². The molecule has 1 atom stereocenters. The van der Waals surface area contributed by atoms with Crippen molar-refractivity contribution in [1.82, 2.24) is 4.98 Å². The molecular weight excluding hydrogens is 254 g/mol. The number of ether oxygens (including phenoxy) is 1. The lowest BCUT2D eigenvalue weighted by atomic mass is 10.0. The lowest BCUT2D eigenvalue weighted by Gasteiger charge is -2.24. The van der Waals surface area contributed by atoms with E-state index in [1.165, 1.54) is 0 Å². The maximum atomic E-state index is 10.3. The van der Waals surface area contributed by atoms with Gasteiger partial charge in [0.2, 0.25) is 0 Å². The van der Waals surface area contributed by atoms with E-state index >= 15 is 0 Å². The zero-order valence-corrected chi connectivity index (χ0v) is 11.9. The molecule has 0 aliphatic rings. The molecule has 108 valence electrons. The van der Waals surface area contributed by atoms with Crippen molar-refractivity contribution in [3.8, 4) is 0 Å². The maximum absolute atomic E-state index is 10.3. The van der Waals surface area contributed by atoms with Gasteiger partial charge in [0.15, 0.2) is 0 Å². The molecule has 0 fully saturated rings. The molecule has 1 heterocycles. The fourth-order valence-electron chi connectivity index (χ4n) is 2.05. The van der Waals surface area contributed by atoms with Crippen LogP contribution in [-0.2, 0) is 4.74 Å². The summed E-state index contributed by atoms with van der Waals surface area (Å²) in [5.74, 6) is 0. The minimum atomic E-state index is -0.827. The van der Waals surface area contributed by atoms with Crippen LogP contribution in [0.1, 0.15) is 13.3 Å². The van der Waals surface area contributed by atoms with E-state index in [0.717, 1.165) is 16.6 Å². The molecule has 1 aromatic carbocycles. The van der Waals surface area contributed by atoms with Crippen LogP contribution in [0.2, 0.25) is 0 Å². The Morgan fingerprint density at radius 1 is 1.40 bits per heavy atom. The Morgan fingerprint density at radius 2 is 2.20 bits per heavy atom. The molecule has 0 saturated carbocycles. The minimum Gasteiger partial charge on any atom is -0.397 e. The van der Waals surface area contributed by atoms with Gasteiger partial charge < -0.3 is 20.9 Å². The number of nitrogens with one attached hydrogen (secondary N) is 1. The number of hydrogen-bond donors (Lipinski definition) is 3. The topological polar surface area (TPSA) is 80.4 Å². The molecule has 0 aliphatic heterocycles. The SMILES string of the molecule is COCCC(C)(O)CNc1ccnc2c(N)cccc12. The Labute approximate surface area is 118 Å². The number of nitrogen functional groups attached to an aromatic ring is 1. The third kappa shape index (κ3) is 3.37. The van der Waals surface area contributed by atoms with Gasteiger partial charge in [0.1, 0.15) is 0 Å². The smallest absolute Gasteiger partial charge is 0.0951 e. The molecule has 5 nitrogen and oxygen atoms in total. The van der Waals surface area contributed by atoms with Gasteiger partial charge in [-0.15, -0.1) is 0 Å². The molecule has 5 heteroatoms. The lowest BCUT2D eigenvalue weighted by Crippen LogP contribution is -2.34. The van der Waals surface area contributed by atoms with Crippen molar-refractivity contribution in [2.75, 3.05) is 31.3 Å². The summed E-state index contributed by atoms with van der Waals surface area (Å²) in [7, 11) is 1.63. The van der Waals surface area contributed by atoms with Gasteiger partial charge in [-0.25, -0.2) is 0 Å². The van der Waals surface area contributed by atoms with E-state index in [2.05, 4.69) is 10.3 Å². The third-order valence-electron chi connectivity index (χ3n) is 3.31. The average molecular weight is 275 g/mol. The molecule has 4 N–H and O–H groups in total. The van der Waals surface area contributed by atoms with Crippen LogP contribution in [0.25, 0.3) is 10.9 Å².